The second-order valence-electron chi connectivity index (χ2n) is 24.9. The Morgan fingerprint density at radius 3 is 1.29 bits per heavy atom. The van der Waals surface area contributed by atoms with Crippen molar-refractivity contribution in [1.29, 1.82) is 0 Å². The zero-order chi connectivity index (χ0) is 54.4. The lowest BCUT2D eigenvalue weighted by molar-refractivity contribution is -0.139. The van der Waals surface area contributed by atoms with Gasteiger partial charge in [0.15, 0.2) is 0 Å². The molecule has 0 aromatic heterocycles. The summed E-state index contributed by atoms with van der Waals surface area (Å²) in [5.74, 6) is 0.258. The lowest BCUT2D eigenvalue weighted by Gasteiger charge is -2.48. The van der Waals surface area contributed by atoms with Crippen LogP contribution in [0.4, 0.5) is 0 Å². The van der Waals surface area contributed by atoms with Crippen molar-refractivity contribution in [3.63, 3.8) is 0 Å². The summed E-state index contributed by atoms with van der Waals surface area (Å²) in [6.45, 7) is 26.6. The summed E-state index contributed by atoms with van der Waals surface area (Å²) >= 11 is 0. The fourth-order valence-corrected chi connectivity index (χ4v) is 15.4. The molecule has 2 spiro atoms. The average Bonchev–Trinajstić information content (AvgIpc) is 4.20. The number of cyclic esters (lactones) is 2. The number of carbonyl (C=O) groups is 2. The number of carbonyl (C=O) groups excluding carboxylic acids is 2. The SMILES string of the molecule is C=C1[C@@H](O)CCC2=NCCC[C@@]23CCC([C@@H]2C=C(C)C(=O)O2)=C(C)[C@@H]3/C=C(\C)[C@@H](O)CC[C@H]2C[C@@H](C)[C@H]1O2.C=C1[C@H](O)CCC2=NCCC[C@@]23CCC([C@@H]2C=C(C)C(=O)O2)=C(C)[C@@H]3/C=C(\C)[C@@H](O)CC[C@H]2C[C@@H](C)[C@H]1O2. The summed E-state index contributed by atoms with van der Waals surface area (Å²) in [5.41, 5.74) is 11.7. The van der Waals surface area contributed by atoms with Crippen molar-refractivity contribution in [2.45, 2.75) is 232 Å². The third kappa shape index (κ3) is 11.3. The fraction of sp³-hybridized carbons (Fsp3) is 0.688. The van der Waals surface area contributed by atoms with Crippen molar-refractivity contribution in [3.05, 3.63) is 93.2 Å². The van der Waals surface area contributed by atoms with Crippen LogP contribution in [0.2, 0.25) is 0 Å². The predicted octanol–water partition coefficient (Wildman–Crippen LogP) is 10.8. The van der Waals surface area contributed by atoms with Gasteiger partial charge >= 0.3 is 11.9 Å². The zero-order valence-corrected chi connectivity index (χ0v) is 47.1. The minimum Gasteiger partial charge on any atom is -0.450 e. The van der Waals surface area contributed by atoms with Crippen LogP contribution in [0.25, 0.3) is 0 Å². The van der Waals surface area contributed by atoms with Crippen LogP contribution in [0.15, 0.2) is 103 Å². The summed E-state index contributed by atoms with van der Waals surface area (Å²) in [7, 11) is 0. The minimum atomic E-state index is -0.629. The van der Waals surface area contributed by atoms with Gasteiger partial charge in [-0.3, -0.25) is 9.98 Å². The molecule has 0 saturated carbocycles. The van der Waals surface area contributed by atoms with E-state index in [1.165, 1.54) is 33.7 Å². The van der Waals surface area contributed by atoms with E-state index >= 15 is 0 Å². The maximum atomic E-state index is 12.2. The Kier molecular flexibility index (Phi) is 17.4. The standard InChI is InChI=1S/2C32H45NO5/c2*1-18-16-25-21(4)24(28-17-20(3)31(36)38-28)11-13-32(25)12-6-14-33-29(32)10-9-27(35)22(5)30-19(2)15-23(37-30)7-8-26(18)34/h2*16-17,19,23,25-28,30,34-35H,5-15H2,1-4H3/b2*18-16+/t19-,23+,25+,26+,27+,28+,30-,32+;19-,23+,25+,26+,27-,28+,30-,32+/m11/s1. The number of fused-ring (bicyclic) bond motifs is 4. The molecule has 2 fully saturated rings. The van der Waals surface area contributed by atoms with Crippen LogP contribution < -0.4 is 0 Å². The Hall–Kier alpha value is -4.04. The van der Waals surface area contributed by atoms with Crippen molar-refractivity contribution >= 4 is 23.4 Å². The van der Waals surface area contributed by atoms with Crippen molar-refractivity contribution in [2.75, 3.05) is 13.1 Å². The topological polar surface area (TPSA) is 177 Å². The van der Waals surface area contributed by atoms with E-state index in [1.54, 1.807) is 0 Å². The Labute approximate surface area is 453 Å². The highest BCUT2D eigenvalue weighted by atomic mass is 16.6. The van der Waals surface area contributed by atoms with E-state index in [0.29, 0.717) is 48.7 Å². The van der Waals surface area contributed by atoms with Gasteiger partial charge in [0.2, 0.25) is 0 Å². The first-order valence-electron chi connectivity index (χ1n) is 29.2. The summed E-state index contributed by atoms with van der Waals surface area (Å²) in [6, 6.07) is 0. The van der Waals surface area contributed by atoms with E-state index in [2.05, 4.69) is 53.0 Å². The molecule has 10 aliphatic rings. The lowest BCUT2D eigenvalue weighted by atomic mass is 9.57. The molecule has 0 unspecified atom stereocenters. The number of hydrogen-bond donors (Lipinski definition) is 4. The second-order valence-corrected chi connectivity index (χ2v) is 24.9. The number of hydrogen-bond acceptors (Lipinski definition) is 12. The molecule has 76 heavy (non-hydrogen) atoms. The molecule has 8 heterocycles. The van der Waals surface area contributed by atoms with Gasteiger partial charge in [0.05, 0.1) is 48.8 Å². The zero-order valence-electron chi connectivity index (χ0n) is 47.1. The summed E-state index contributed by atoms with van der Waals surface area (Å²) in [5, 5.41) is 44.9. The monoisotopic (exact) mass is 1050 g/mol. The van der Waals surface area contributed by atoms with Crippen molar-refractivity contribution in [2.24, 2.45) is 44.5 Å². The first-order valence-corrected chi connectivity index (χ1v) is 29.2. The van der Waals surface area contributed by atoms with Gasteiger partial charge in [-0.25, -0.2) is 9.59 Å². The van der Waals surface area contributed by atoms with Crippen LogP contribution in [-0.2, 0) is 28.5 Å². The smallest absolute Gasteiger partial charge is 0.334 e. The number of aliphatic hydroxyl groups is 4. The van der Waals surface area contributed by atoms with Crippen molar-refractivity contribution in [3.8, 4) is 0 Å². The van der Waals surface area contributed by atoms with Crippen LogP contribution >= 0.6 is 0 Å². The van der Waals surface area contributed by atoms with Crippen LogP contribution in [-0.4, -0.2) is 118 Å². The van der Waals surface area contributed by atoms with Gasteiger partial charge in [-0.1, -0.05) is 50.3 Å². The van der Waals surface area contributed by atoms with Gasteiger partial charge in [-0.2, -0.15) is 0 Å². The Bertz CT molecular complexity index is 2370. The largest absolute Gasteiger partial charge is 0.450 e. The van der Waals surface area contributed by atoms with Gasteiger partial charge in [0.25, 0.3) is 0 Å². The Morgan fingerprint density at radius 2 is 0.921 bits per heavy atom. The molecule has 4 bridgehead atoms. The molecule has 0 amide bonds. The van der Waals surface area contributed by atoms with E-state index in [0.717, 1.165) is 125 Å². The van der Waals surface area contributed by atoms with Gasteiger partial charge < -0.3 is 39.4 Å². The molecule has 8 aliphatic heterocycles. The lowest BCUT2D eigenvalue weighted by Crippen LogP contribution is -2.45. The molecular weight excluding hydrogens is 957 g/mol. The third-order valence-corrected chi connectivity index (χ3v) is 20.0. The normalized spacial score (nSPS) is 42.2. The molecule has 2 saturated heterocycles. The highest BCUT2D eigenvalue weighted by Gasteiger charge is 2.51. The molecule has 12 heteroatoms. The highest BCUT2D eigenvalue weighted by Crippen LogP contribution is 2.55. The fourth-order valence-electron chi connectivity index (χ4n) is 15.4. The molecule has 12 nitrogen and oxygen atoms in total. The van der Waals surface area contributed by atoms with Gasteiger partial charge in [-0.05, 0) is 215 Å². The molecule has 0 radical (unpaired) electrons. The van der Waals surface area contributed by atoms with E-state index in [1.807, 2.05) is 39.8 Å². The maximum absolute atomic E-state index is 12.2. The molecular formula is C64H90N2O10. The Morgan fingerprint density at radius 1 is 0.526 bits per heavy atom. The summed E-state index contributed by atoms with van der Waals surface area (Å²) < 4.78 is 24.2. The number of aliphatic hydroxyl groups excluding tert-OH is 4. The van der Waals surface area contributed by atoms with Crippen LogP contribution in [0, 0.1) is 34.5 Å². The number of rotatable bonds is 2. The molecule has 0 aromatic rings. The van der Waals surface area contributed by atoms with E-state index < -0.39 is 24.4 Å². The Balaban J connectivity index is 0.000000186. The van der Waals surface area contributed by atoms with Crippen molar-refractivity contribution < 1.29 is 49.0 Å². The predicted molar refractivity (Wildman–Crippen MR) is 298 cm³/mol. The van der Waals surface area contributed by atoms with Gasteiger partial charge in [0.1, 0.15) is 12.2 Å². The molecule has 416 valence electrons. The number of aliphatic imine (C=N–C) groups is 2. The average molecular weight is 1050 g/mol. The summed E-state index contributed by atoms with van der Waals surface area (Å²) in [4.78, 5) is 34.6. The van der Waals surface area contributed by atoms with Crippen molar-refractivity contribution in [1.82, 2.24) is 0 Å². The summed E-state index contributed by atoms with van der Waals surface area (Å²) in [6.07, 6.45) is 20.3. The molecule has 4 N–H and O–H groups in total. The third-order valence-electron chi connectivity index (χ3n) is 20.0. The number of ether oxygens (including phenoxy) is 4. The van der Waals surface area contributed by atoms with Gasteiger partial charge in [0, 0.05) is 58.3 Å². The highest BCUT2D eigenvalue weighted by molar-refractivity contribution is 5.94. The first-order chi connectivity index (χ1) is 36.2. The number of nitrogens with zero attached hydrogens (tertiary/aromatic N) is 2. The van der Waals surface area contributed by atoms with Crippen LogP contribution in [0.5, 0.6) is 0 Å². The maximum Gasteiger partial charge on any atom is 0.334 e. The molecule has 2 aliphatic carbocycles. The van der Waals surface area contributed by atoms with E-state index in [9.17, 15) is 30.0 Å². The van der Waals surface area contributed by atoms with Crippen LogP contribution in [0.1, 0.15) is 171 Å². The quantitative estimate of drug-likeness (QED) is 0.154. The number of allylic oxidation sites excluding steroid dienone is 4. The van der Waals surface area contributed by atoms with Gasteiger partial charge in [-0.15, -0.1) is 0 Å². The molecule has 16 atom stereocenters. The first kappa shape index (κ1) is 56.7. The minimum absolute atomic E-state index is 0.0613. The van der Waals surface area contributed by atoms with E-state index in [-0.39, 0.29) is 71.2 Å². The number of esters is 2. The second kappa shape index (κ2) is 23.3. The molecule has 0 aromatic carbocycles. The van der Waals surface area contributed by atoms with E-state index in [4.69, 9.17) is 28.9 Å². The molecule has 10 rings (SSSR count). The van der Waals surface area contributed by atoms with Crippen LogP contribution in [0.3, 0.4) is 0 Å².